The molecule has 0 saturated carbocycles. The van der Waals surface area contributed by atoms with Crippen molar-refractivity contribution in [3.8, 4) is 0 Å². The maximum absolute atomic E-state index is 12.0. The highest BCUT2D eigenvalue weighted by Crippen LogP contribution is 2.35. The highest BCUT2D eigenvalue weighted by atomic mass is 32.2. The summed E-state index contributed by atoms with van der Waals surface area (Å²) in [4.78, 5) is 23.5. The van der Waals surface area contributed by atoms with Crippen LogP contribution in [-0.2, 0) is 9.47 Å². The Balaban J connectivity index is 1.70. The molecule has 3 heterocycles. The van der Waals surface area contributed by atoms with E-state index in [4.69, 9.17) is 9.47 Å². The summed E-state index contributed by atoms with van der Waals surface area (Å²) < 4.78 is 11.2. The first-order chi connectivity index (χ1) is 12.0. The minimum absolute atomic E-state index is 0.152. The average Bonchev–Trinajstić information content (AvgIpc) is 2.99. The molecule has 0 spiro atoms. The molecule has 2 bridgehead atoms. The van der Waals surface area contributed by atoms with Gasteiger partial charge >= 0.3 is 6.09 Å². The Morgan fingerprint density at radius 1 is 1.20 bits per heavy atom. The maximum atomic E-state index is 12.0. The molecule has 0 radical (unpaired) electrons. The van der Waals surface area contributed by atoms with Crippen LogP contribution >= 0.6 is 11.8 Å². The van der Waals surface area contributed by atoms with Crippen LogP contribution in [0.5, 0.6) is 0 Å². The van der Waals surface area contributed by atoms with Gasteiger partial charge in [0.15, 0.2) is 5.79 Å². The molecule has 0 aromatic carbocycles. The van der Waals surface area contributed by atoms with Crippen LogP contribution in [0.2, 0.25) is 0 Å². The Kier molecular flexibility index (Phi) is 6.24. The van der Waals surface area contributed by atoms with Gasteiger partial charge in [0.1, 0.15) is 0 Å². The van der Waals surface area contributed by atoms with Gasteiger partial charge in [-0.1, -0.05) is 23.9 Å². The van der Waals surface area contributed by atoms with E-state index in [0.29, 0.717) is 18.8 Å². The number of fused-ring (bicyclic) bond motifs is 2. The predicted molar refractivity (Wildman–Crippen MR) is 94.3 cm³/mol. The topological polar surface area (TPSA) is 96.9 Å². The van der Waals surface area contributed by atoms with E-state index in [1.165, 1.54) is 0 Å². The van der Waals surface area contributed by atoms with Crippen molar-refractivity contribution < 1.29 is 24.2 Å². The first-order valence-electron chi connectivity index (χ1n) is 8.97. The van der Waals surface area contributed by atoms with Crippen LogP contribution in [0.3, 0.4) is 0 Å². The van der Waals surface area contributed by atoms with Crippen LogP contribution in [-0.4, -0.2) is 52.8 Å². The lowest BCUT2D eigenvalue weighted by Gasteiger charge is -2.44. The number of hydrogen-bond acceptors (Lipinski definition) is 6. The molecule has 2 unspecified atom stereocenters. The maximum Gasteiger partial charge on any atom is 0.407 e. The number of rotatable bonds is 1. The van der Waals surface area contributed by atoms with Gasteiger partial charge < -0.3 is 25.2 Å². The number of aliphatic hydroxyl groups is 1. The number of thioether (sulfide) groups is 1. The highest BCUT2D eigenvalue weighted by molar-refractivity contribution is 8.14. The van der Waals surface area contributed by atoms with Gasteiger partial charge in [0, 0.05) is 18.2 Å². The lowest BCUT2D eigenvalue weighted by molar-refractivity contribution is -0.269. The van der Waals surface area contributed by atoms with Gasteiger partial charge in [-0.25, -0.2) is 4.79 Å². The standard InChI is InChI=1S/C17H26N2O5S/c20-15-18-12-9-13(7-5-3-1-2-4-6-8-23-15)24-17(22,10-12)14-11-25-16(21)19-14/h1-2,12-14,22H,3-11H2,(H,18,20)(H,19,21)/t12?,13?,14-,17+/m0/s1. The summed E-state index contributed by atoms with van der Waals surface area (Å²) in [5.74, 6) is -1.01. The van der Waals surface area contributed by atoms with Crippen molar-refractivity contribution in [2.45, 2.75) is 68.9 Å². The molecule has 0 aliphatic carbocycles. The van der Waals surface area contributed by atoms with E-state index in [9.17, 15) is 14.7 Å². The van der Waals surface area contributed by atoms with E-state index < -0.39 is 17.9 Å². The summed E-state index contributed by atoms with van der Waals surface area (Å²) in [7, 11) is 0. The van der Waals surface area contributed by atoms with E-state index in [1.807, 2.05) is 0 Å². The smallest absolute Gasteiger partial charge is 0.407 e. The highest BCUT2D eigenvalue weighted by Gasteiger charge is 2.48. The van der Waals surface area contributed by atoms with Crippen molar-refractivity contribution in [2.75, 3.05) is 12.4 Å². The fourth-order valence-corrected chi connectivity index (χ4v) is 4.44. The summed E-state index contributed by atoms with van der Waals surface area (Å²) >= 11 is 1.14. The van der Waals surface area contributed by atoms with Crippen molar-refractivity contribution in [3.05, 3.63) is 12.2 Å². The minimum Gasteiger partial charge on any atom is -0.450 e. The SMILES string of the molecule is O=C1NC2CC(CCCC=CCCCO1)O[C@@](O)([C@@H]1CSC(=O)N1)C2. The van der Waals surface area contributed by atoms with E-state index in [1.54, 1.807) is 0 Å². The van der Waals surface area contributed by atoms with Crippen molar-refractivity contribution in [1.29, 1.82) is 0 Å². The third kappa shape index (κ3) is 5.12. The molecule has 7 nitrogen and oxygen atoms in total. The van der Waals surface area contributed by atoms with Gasteiger partial charge in [-0.15, -0.1) is 0 Å². The van der Waals surface area contributed by atoms with Crippen LogP contribution < -0.4 is 10.6 Å². The largest absolute Gasteiger partial charge is 0.450 e. The summed E-state index contributed by atoms with van der Waals surface area (Å²) in [6, 6.07) is -0.705. The molecular formula is C17H26N2O5S. The average molecular weight is 370 g/mol. The molecule has 3 N–H and O–H groups in total. The normalized spacial score (nSPS) is 37.6. The lowest BCUT2D eigenvalue weighted by Crippen LogP contribution is -2.60. The van der Waals surface area contributed by atoms with Crippen molar-refractivity contribution >= 4 is 23.1 Å². The zero-order valence-electron chi connectivity index (χ0n) is 14.2. The van der Waals surface area contributed by atoms with Gasteiger partial charge in [0.2, 0.25) is 0 Å². The number of alkyl carbamates (subject to hydrolysis) is 1. The van der Waals surface area contributed by atoms with Gasteiger partial charge in [-0.05, 0) is 38.5 Å². The first-order valence-corrected chi connectivity index (χ1v) is 9.95. The molecule has 2 fully saturated rings. The Labute approximate surface area is 151 Å². The van der Waals surface area contributed by atoms with E-state index in [2.05, 4.69) is 22.8 Å². The number of cyclic esters (lactones) is 1. The second kappa shape index (κ2) is 8.42. The lowest BCUT2D eigenvalue weighted by atomic mass is 9.90. The third-order valence-corrected chi connectivity index (χ3v) is 5.69. The zero-order chi connectivity index (χ0) is 17.7. The van der Waals surface area contributed by atoms with E-state index >= 15 is 0 Å². The third-order valence-electron chi connectivity index (χ3n) is 4.81. The van der Waals surface area contributed by atoms with Crippen LogP contribution in [0.1, 0.15) is 44.9 Å². The molecule has 4 atom stereocenters. The minimum atomic E-state index is -1.47. The fraction of sp³-hybridized carbons (Fsp3) is 0.765. The molecule has 2 saturated heterocycles. The second-order valence-electron chi connectivity index (χ2n) is 6.84. The van der Waals surface area contributed by atoms with Crippen LogP contribution in [0.15, 0.2) is 12.2 Å². The van der Waals surface area contributed by atoms with Gasteiger partial charge in [-0.3, -0.25) is 4.79 Å². The molecule has 0 aromatic rings. The number of carbonyl (C=O) groups excluding carboxylic acids is 2. The van der Waals surface area contributed by atoms with Gasteiger partial charge in [0.25, 0.3) is 5.24 Å². The fourth-order valence-electron chi connectivity index (χ4n) is 3.55. The zero-order valence-corrected chi connectivity index (χ0v) is 15.1. The predicted octanol–water partition coefficient (Wildman–Crippen LogP) is 2.29. The number of allylic oxidation sites excluding steroid dienone is 2. The monoisotopic (exact) mass is 370 g/mol. The summed E-state index contributed by atoms with van der Waals surface area (Å²) in [5, 5.41) is 16.5. The van der Waals surface area contributed by atoms with Crippen molar-refractivity contribution in [3.63, 3.8) is 0 Å². The van der Waals surface area contributed by atoms with E-state index in [0.717, 1.165) is 43.9 Å². The first kappa shape index (κ1) is 18.5. The van der Waals surface area contributed by atoms with Crippen molar-refractivity contribution in [1.82, 2.24) is 10.6 Å². The summed E-state index contributed by atoms with van der Waals surface area (Å²) in [6.45, 7) is 0.377. The Bertz CT molecular complexity index is 529. The number of carbonyl (C=O) groups is 2. The van der Waals surface area contributed by atoms with Crippen LogP contribution in [0.4, 0.5) is 9.59 Å². The number of ether oxygens (including phenoxy) is 2. The van der Waals surface area contributed by atoms with Crippen molar-refractivity contribution in [2.24, 2.45) is 0 Å². The molecule has 2 amide bonds. The summed E-state index contributed by atoms with van der Waals surface area (Å²) in [6.07, 6.45) is 8.93. The van der Waals surface area contributed by atoms with Gasteiger partial charge in [-0.2, -0.15) is 0 Å². The molecule has 3 aliphatic heterocycles. The number of hydrogen-bond donors (Lipinski definition) is 3. The van der Waals surface area contributed by atoms with Crippen LogP contribution in [0, 0.1) is 0 Å². The molecule has 25 heavy (non-hydrogen) atoms. The molecule has 0 aromatic heterocycles. The molecule has 8 heteroatoms. The van der Waals surface area contributed by atoms with Gasteiger partial charge in [0.05, 0.1) is 18.8 Å². The number of amides is 2. The molecule has 140 valence electrons. The molecule has 3 aliphatic rings. The Hall–Kier alpha value is -1.25. The van der Waals surface area contributed by atoms with E-state index in [-0.39, 0.29) is 23.8 Å². The molecular weight excluding hydrogens is 344 g/mol. The van der Waals surface area contributed by atoms with Crippen LogP contribution in [0.25, 0.3) is 0 Å². The quantitative estimate of drug-likeness (QED) is 0.613. The molecule has 3 rings (SSSR count). The number of nitrogens with one attached hydrogen (secondary N) is 2. The second-order valence-corrected chi connectivity index (χ2v) is 7.83. The Morgan fingerprint density at radius 2 is 2.00 bits per heavy atom. The Morgan fingerprint density at radius 3 is 2.76 bits per heavy atom. The summed E-state index contributed by atoms with van der Waals surface area (Å²) in [5.41, 5.74) is 0.